The van der Waals surface area contributed by atoms with E-state index in [0.717, 1.165) is 21.9 Å². The molecule has 0 N–H and O–H groups in total. The lowest BCUT2D eigenvalue weighted by molar-refractivity contribution is -0.139. The highest BCUT2D eigenvalue weighted by molar-refractivity contribution is 7.86. The Morgan fingerprint density at radius 2 is 1.93 bits per heavy atom. The number of halogens is 4. The van der Waals surface area contributed by atoms with Gasteiger partial charge in [-0.25, -0.2) is 4.98 Å². The Hall–Kier alpha value is -3.43. The maximum atomic E-state index is 13.2. The number of aryl methyl sites for hydroxylation is 1. The topological polar surface area (TPSA) is 120 Å². The Kier molecular flexibility index (Phi) is 8.60. The number of thiazole rings is 1. The van der Waals surface area contributed by atoms with Crippen LogP contribution in [0, 0.1) is 6.92 Å². The van der Waals surface area contributed by atoms with E-state index in [9.17, 15) is 31.2 Å². The van der Waals surface area contributed by atoms with Crippen LogP contribution >= 0.6 is 22.9 Å². The number of oxime groups is 1. The van der Waals surface area contributed by atoms with Crippen molar-refractivity contribution in [2.75, 3.05) is 19.3 Å². The molecule has 2 aliphatic rings. The highest BCUT2D eigenvalue weighted by Gasteiger charge is 2.36. The number of carbonyl (C=O) groups excluding carboxylic acids is 1. The molecule has 0 radical (unpaired) electrons. The standard InChI is InChI=1S/C27H26ClF3N4O6S2/c1-15-6-7-17(27(29,30)31)26(37)35(15)13-23(36)34-10-8-16(9-11-34)25-32-20(14-42-25)19-12-22(40-33-19)24-18(28)4-3-5-21(24)41-43(2,38)39/h3-7,14,16,22H,8-13H2,1-2H3. The second kappa shape index (κ2) is 11.9. The molecule has 0 spiro atoms. The number of piperidine rings is 1. The van der Waals surface area contributed by atoms with Crippen LogP contribution in [0.5, 0.6) is 5.75 Å². The van der Waals surface area contributed by atoms with Crippen LogP contribution in [-0.2, 0) is 32.5 Å². The van der Waals surface area contributed by atoms with Crippen LogP contribution in [0.15, 0.2) is 45.7 Å². The number of rotatable bonds is 7. The maximum Gasteiger partial charge on any atom is 0.421 e. The lowest BCUT2D eigenvalue weighted by Crippen LogP contribution is -2.42. The van der Waals surface area contributed by atoms with Gasteiger partial charge in [-0.05, 0) is 44.0 Å². The first-order valence-electron chi connectivity index (χ1n) is 13.1. The SMILES string of the molecule is Cc1ccc(C(F)(F)F)c(=O)n1CC(=O)N1CCC(c2nc(C3=NOC(c4c(Cl)cccc4OS(C)(=O)=O)C3)cs2)CC1. The molecular formula is C27H26ClF3N4O6S2. The molecule has 2 aromatic heterocycles. The summed E-state index contributed by atoms with van der Waals surface area (Å²) in [6.45, 7) is 1.75. The number of alkyl halides is 3. The van der Waals surface area contributed by atoms with E-state index in [1.165, 1.54) is 30.4 Å². The van der Waals surface area contributed by atoms with E-state index < -0.39 is 46.0 Å². The summed E-state index contributed by atoms with van der Waals surface area (Å²) in [5, 5.41) is 7.12. The molecule has 1 fully saturated rings. The minimum atomic E-state index is -4.80. The molecule has 1 atom stereocenters. The van der Waals surface area contributed by atoms with Crippen molar-refractivity contribution >= 4 is 44.7 Å². The van der Waals surface area contributed by atoms with E-state index in [1.807, 2.05) is 5.38 Å². The molecule has 43 heavy (non-hydrogen) atoms. The number of pyridine rings is 1. The number of nitrogens with zero attached hydrogens (tertiary/aromatic N) is 4. The molecule has 0 bridgehead atoms. The number of hydrogen-bond donors (Lipinski definition) is 0. The molecule has 1 aromatic carbocycles. The largest absolute Gasteiger partial charge is 0.421 e. The van der Waals surface area contributed by atoms with Crippen LogP contribution in [0.4, 0.5) is 13.2 Å². The average molecular weight is 659 g/mol. The van der Waals surface area contributed by atoms with Crippen LogP contribution < -0.4 is 9.74 Å². The van der Waals surface area contributed by atoms with Crippen molar-refractivity contribution in [3.05, 3.63) is 78.6 Å². The van der Waals surface area contributed by atoms with E-state index >= 15 is 0 Å². The Bertz CT molecular complexity index is 1750. The summed E-state index contributed by atoms with van der Waals surface area (Å²) in [5.41, 5.74) is -0.733. The zero-order valence-corrected chi connectivity index (χ0v) is 25.3. The molecular weight excluding hydrogens is 633 g/mol. The minimum Gasteiger partial charge on any atom is -0.387 e. The summed E-state index contributed by atoms with van der Waals surface area (Å²) >= 11 is 7.79. The van der Waals surface area contributed by atoms with Crippen molar-refractivity contribution in [1.82, 2.24) is 14.5 Å². The van der Waals surface area contributed by atoms with Gasteiger partial charge in [-0.1, -0.05) is 22.8 Å². The fraction of sp³-hybridized carbons (Fsp3) is 0.407. The summed E-state index contributed by atoms with van der Waals surface area (Å²) in [6.07, 6.45) is -3.08. The molecule has 4 heterocycles. The zero-order valence-electron chi connectivity index (χ0n) is 22.9. The number of likely N-dealkylation sites (tertiary alicyclic amines) is 1. The van der Waals surface area contributed by atoms with Gasteiger partial charge >= 0.3 is 16.3 Å². The second-order valence-corrected chi connectivity index (χ2v) is 13.2. The predicted octanol–water partition coefficient (Wildman–Crippen LogP) is 4.90. The summed E-state index contributed by atoms with van der Waals surface area (Å²) in [4.78, 5) is 37.2. The third-order valence-electron chi connectivity index (χ3n) is 7.25. The van der Waals surface area contributed by atoms with Gasteiger partial charge in [0.25, 0.3) is 5.56 Å². The van der Waals surface area contributed by atoms with Crippen LogP contribution in [0.25, 0.3) is 0 Å². The average Bonchev–Trinajstić information content (AvgIpc) is 3.60. The van der Waals surface area contributed by atoms with E-state index in [2.05, 4.69) is 5.16 Å². The van der Waals surface area contributed by atoms with Gasteiger partial charge in [-0.2, -0.15) is 21.6 Å². The fourth-order valence-electron chi connectivity index (χ4n) is 5.05. The summed E-state index contributed by atoms with van der Waals surface area (Å²) in [5.74, 6) is -0.312. The van der Waals surface area contributed by atoms with E-state index in [4.69, 9.17) is 25.6 Å². The molecule has 10 nitrogen and oxygen atoms in total. The lowest BCUT2D eigenvalue weighted by atomic mass is 9.97. The number of hydrogen-bond acceptors (Lipinski definition) is 9. The highest BCUT2D eigenvalue weighted by Crippen LogP contribution is 2.40. The lowest BCUT2D eigenvalue weighted by Gasteiger charge is -2.31. The van der Waals surface area contributed by atoms with Crippen molar-refractivity contribution in [1.29, 1.82) is 0 Å². The quantitative estimate of drug-likeness (QED) is 0.332. The monoisotopic (exact) mass is 658 g/mol. The number of benzene rings is 1. The van der Waals surface area contributed by atoms with Gasteiger partial charge in [0.15, 0.2) is 11.9 Å². The van der Waals surface area contributed by atoms with Gasteiger partial charge in [0.1, 0.15) is 17.8 Å². The van der Waals surface area contributed by atoms with E-state index in [-0.39, 0.29) is 28.8 Å². The van der Waals surface area contributed by atoms with Crippen molar-refractivity contribution in [2.24, 2.45) is 5.16 Å². The molecule has 1 unspecified atom stereocenters. The Morgan fingerprint density at radius 1 is 1.21 bits per heavy atom. The highest BCUT2D eigenvalue weighted by atomic mass is 35.5. The van der Waals surface area contributed by atoms with Crippen LogP contribution in [0.1, 0.15) is 58.8 Å². The molecule has 2 aliphatic heterocycles. The third-order valence-corrected chi connectivity index (χ3v) is 9.07. The normalized spacial score (nSPS) is 18.0. The molecule has 5 rings (SSSR count). The van der Waals surface area contributed by atoms with Gasteiger partial charge in [0.05, 0.1) is 27.5 Å². The minimum absolute atomic E-state index is 0.0536. The first-order chi connectivity index (χ1) is 20.2. The maximum absolute atomic E-state index is 13.2. The van der Waals surface area contributed by atoms with Crippen molar-refractivity contribution < 1.29 is 35.4 Å². The number of amides is 1. The van der Waals surface area contributed by atoms with Crippen molar-refractivity contribution in [3.63, 3.8) is 0 Å². The predicted molar refractivity (Wildman–Crippen MR) is 153 cm³/mol. The van der Waals surface area contributed by atoms with E-state index in [1.54, 1.807) is 17.0 Å². The molecule has 0 aliphatic carbocycles. The third kappa shape index (κ3) is 6.88. The molecule has 3 aromatic rings. The van der Waals surface area contributed by atoms with Crippen molar-refractivity contribution in [3.8, 4) is 5.75 Å². The molecule has 16 heteroatoms. The molecule has 0 saturated carbocycles. The Balaban J connectivity index is 1.21. The smallest absolute Gasteiger partial charge is 0.387 e. The number of aromatic nitrogens is 2. The van der Waals surface area contributed by atoms with E-state index in [0.29, 0.717) is 42.9 Å². The molecule has 1 amide bonds. The second-order valence-electron chi connectivity index (χ2n) is 10.3. The van der Waals surface area contributed by atoms with Gasteiger partial charge in [0.2, 0.25) is 5.91 Å². The first kappa shape index (κ1) is 31.0. The zero-order chi connectivity index (χ0) is 31.1. The summed E-state index contributed by atoms with van der Waals surface area (Å²) in [7, 11) is -3.80. The fourth-order valence-corrected chi connectivity index (χ4v) is 6.81. The van der Waals surface area contributed by atoms with Crippen LogP contribution in [0.2, 0.25) is 5.02 Å². The molecule has 230 valence electrons. The van der Waals surface area contributed by atoms with Crippen LogP contribution in [-0.4, -0.2) is 53.8 Å². The first-order valence-corrected chi connectivity index (χ1v) is 16.2. The van der Waals surface area contributed by atoms with Gasteiger partial charge in [-0.15, -0.1) is 11.3 Å². The number of carbonyl (C=O) groups is 1. The Morgan fingerprint density at radius 3 is 2.60 bits per heavy atom. The van der Waals surface area contributed by atoms with Gasteiger partial charge < -0.3 is 18.5 Å². The summed E-state index contributed by atoms with van der Waals surface area (Å²) < 4.78 is 68.9. The Labute approximate surface area is 253 Å². The molecule has 1 saturated heterocycles. The van der Waals surface area contributed by atoms with Gasteiger partial charge in [-0.3, -0.25) is 9.59 Å². The van der Waals surface area contributed by atoms with Crippen LogP contribution in [0.3, 0.4) is 0 Å². The summed E-state index contributed by atoms with van der Waals surface area (Å²) in [6, 6.07) is 6.58. The van der Waals surface area contributed by atoms with Gasteiger partial charge in [0, 0.05) is 36.5 Å². The van der Waals surface area contributed by atoms with Crippen molar-refractivity contribution in [2.45, 2.75) is 50.9 Å².